The fraction of sp³-hybridized carbons (Fsp3) is 0.263. The van der Waals surface area contributed by atoms with Gasteiger partial charge in [0.15, 0.2) is 0 Å². The van der Waals surface area contributed by atoms with E-state index in [4.69, 9.17) is 5.11 Å². The number of carboxylic acid groups (broad SMARTS) is 1. The number of aryl methyl sites for hydroxylation is 1. The molecule has 4 heteroatoms. The molecule has 23 heavy (non-hydrogen) atoms. The SMILES string of the molecule is Cc1ccc(NC(=O)C2(C)CC2)cc1-c1cccc(C(=O)O)c1. The van der Waals surface area contributed by atoms with Crippen molar-refractivity contribution in [2.24, 2.45) is 5.41 Å². The maximum Gasteiger partial charge on any atom is 0.335 e. The number of carboxylic acids is 1. The van der Waals surface area contributed by atoms with Crippen molar-refractivity contribution in [2.75, 3.05) is 5.32 Å². The highest BCUT2D eigenvalue weighted by atomic mass is 16.4. The lowest BCUT2D eigenvalue weighted by Gasteiger charge is -2.13. The van der Waals surface area contributed by atoms with Gasteiger partial charge in [0.2, 0.25) is 5.91 Å². The molecule has 0 atom stereocenters. The molecule has 1 aliphatic carbocycles. The Bertz CT molecular complexity index is 791. The molecule has 0 saturated heterocycles. The van der Waals surface area contributed by atoms with Crippen molar-refractivity contribution in [1.29, 1.82) is 0 Å². The van der Waals surface area contributed by atoms with Crippen molar-refractivity contribution in [3.63, 3.8) is 0 Å². The van der Waals surface area contributed by atoms with Gasteiger partial charge in [0, 0.05) is 11.1 Å². The summed E-state index contributed by atoms with van der Waals surface area (Å²) in [5.41, 5.74) is 3.55. The summed E-state index contributed by atoms with van der Waals surface area (Å²) in [6.07, 6.45) is 1.86. The van der Waals surface area contributed by atoms with Gasteiger partial charge in [-0.1, -0.05) is 25.1 Å². The quantitative estimate of drug-likeness (QED) is 0.893. The van der Waals surface area contributed by atoms with Crippen molar-refractivity contribution in [3.05, 3.63) is 53.6 Å². The average molecular weight is 309 g/mol. The first-order chi connectivity index (χ1) is 10.9. The first-order valence-corrected chi connectivity index (χ1v) is 7.65. The van der Waals surface area contributed by atoms with Crippen molar-refractivity contribution >= 4 is 17.6 Å². The van der Waals surface area contributed by atoms with Gasteiger partial charge in [-0.05, 0) is 60.7 Å². The van der Waals surface area contributed by atoms with Crippen molar-refractivity contribution < 1.29 is 14.7 Å². The van der Waals surface area contributed by atoms with Gasteiger partial charge >= 0.3 is 5.97 Å². The molecule has 0 heterocycles. The molecule has 118 valence electrons. The van der Waals surface area contributed by atoms with E-state index in [1.54, 1.807) is 18.2 Å². The van der Waals surface area contributed by atoms with E-state index < -0.39 is 5.97 Å². The van der Waals surface area contributed by atoms with Crippen LogP contribution >= 0.6 is 0 Å². The summed E-state index contributed by atoms with van der Waals surface area (Å²) >= 11 is 0. The normalized spacial score (nSPS) is 15.0. The fourth-order valence-electron chi connectivity index (χ4n) is 2.53. The summed E-state index contributed by atoms with van der Waals surface area (Å²) in [4.78, 5) is 23.3. The van der Waals surface area contributed by atoms with Crippen LogP contribution in [0.4, 0.5) is 5.69 Å². The van der Waals surface area contributed by atoms with Gasteiger partial charge in [-0.25, -0.2) is 4.79 Å². The molecule has 4 nitrogen and oxygen atoms in total. The fourth-order valence-corrected chi connectivity index (χ4v) is 2.53. The second kappa shape index (κ2) is 5.54. The third-order valence-corrected chi connectivity index (χ3v) is 4.46. The van der Waals surface area contributed by atoms with E-state index in [-0.39, 0.29) is 16.9 Å². The molecular formula is C19H19NO3. The Labute approximate surface area is 135 Å². The molecule has 1 fully saturated rings. The predicted octanol–water partition coefficient (Wildman–Crippen LogP) is 4.10. The highest BCUT2D eigenvalue weighted by Gasteiger charge is 2.44. The number of carbonyl (C=O) groups is 2. The monoisotopic (exact) mass is 309 g/mol. The average Bonchev–Trinajstić information content (AvgIpc) is 3.28. The maximum absolute atomic E-state index is 12.2. The van der Waals surface area contributed by atoms with Gasteiger partial charge in [0.25, 0.3) is 0 Å². The zero-order valence-corrected chi connectivity index (χ0v) is 13.2. The summed E-state index contributed by atoms with van der Waals surface area (Å²) in [6, 6.07) is 12.5. The van der Waals surface area contributed by atoms with Crippen LogP contribution in [-0.2, 0) is 4.79 Å². The topological polar surface area (TPSA) is 66.4 Å². The Hall–Kier alpha value is -2.62. The van der Waals surface area contributed by atoms with Gasteiger partial charge in [0.1, 0.15) is 0 Å². The van der Waals surface area contributed by atoms with Crippen LogP contribution in [0.3, 0.4) is 0 Å². The third-order valence-electron chi connectivity index (χ3n) is 4.46. The van der Waals surface area contributed by atoms with Crippen LogP contribution in [0.5, 0.6) is 0 Å². The zero-order chi connectivity index (χ0) is 16.6. The number of hydrogen-bond acceptors (Lipinski definition) is 2. The van der Waals surface area contributed by atoms with Crippen LogP contribution in [0.25, 0.3) is 11.1 Å². The van der Waals surface area contributed by atoms with Crippen LogP contribution in [-0.4, -0.2) is 17.0 Å². The van der Waals surface area contributed by atoms with Gasteiger partial charge in [-0.2, -0.15) is 0 Å². The first-order valence-electron chi connectivity index (χ1n) is 7.65. The second-order valence-electron chi connectivity index (χ2n) is 6.43. The van der Waals surface area contributed by atoms with Crippen LogP contribution in [0.15, 0.2) is 42.5 Å². The van der Waals surface area contributed by atoms with Crippen molar-refractivity contribution in [3.8, 4) is 11.1 Å². The minimum absolute atomic E-state index is 0.0478. The molecule has 0 aromatic heterocycles. The molecule has 2 aromatic carbocycles. The van der Waals surface area contributed by atoms with E-state index in [0.29, 0.717) is 0 Å². The molecule has 0 spiro atoms. The Morgan fingerprint density at radius 3 is 2.52 bits per heavy atom. The Morgan fingerprint density at radius 2 is 1.87 bits per heavy atom. The minimum atomic E-state index is -0.949. The maximum atomic E-state index is 12.2. The van der Waals surface area contributed by atoms with Gasteiger partial charge in [-0.3, -0.25) is 4.79 Å². The molecule has 2 N–H and O–H groups in total. The van der Waals surface area contributed by atoms with E-state index in [1.165, 1.54) is 0 Å². The van der Waals surface area contributed by atoms with E-state index in [1.807, 2.05) is 38.1 Å². The largest absolute Gasteiger partial charge is 0.478 e. The lowest BCUT2D eigenvalue weighted by atomic mass is 9.98. The number of amides is 1. The molecule has 1 amide bonds. The second-order valence-corrected chi connectivity index (χ2v) is 6.43. The number of rotatable bonds is 4. The summed E-state index contributed by atoms with van der Waals surface area (Å²) in [5, 5.41) is 12.1. The Kier molecular flexibility index (Phi) is 3.68. The van der Waals surface area contributed by atoms with Gasteiger partial charge < -0.3 is 10.4 Å². The number of benzene rings is 2. The summed E-state index contributed by atoms with van der Waals surface area (Å²) < 4.78 is 0. The van der Waals surface area contributed by atoms with E-state index in [2.05, 4.69) is 5.32 Å². The Morgan fingerprint density at radius 1 is 1.13 bits per heavy atom. The first kappa shape index (κ1) is 15.3. The van der Waals surface area contributed by atoms with Crippen LogP contribution < -0.4 is 5.32 Å². The molecule has 1 saturated carbocycles. The third kappa shape index (κ3) is 3.11. The van der Waals surface area contributed by atoms with Crippen LogP contribution in [0.1, 0.15) is 35.7 Å². The predicted molar refractivity (Wildman–Crippen MR) is 89.5 cm³/mol. The van der Waals surface area contributed by atoms with Gasteiger partial charge in [0.05, 0.1) is 5.56 Å². The summed E-state index contributed by atoms with van der Waals surface area (Å²) in [6.45, 7) is 3.93. The Balaban J connectivity index is 1.93. The molecule has 0 unspecified atom stereocenters. The number of aromatic carboxylic acids is 1. The molecule has 1 aliphatic rings. The molecule has 0 aliphatic heterocycles. The van der Waals surface area contributed by atoms with E-state index in [9.17, 15) is 9.59 Å². The number of carbonyl (C=O) groups excluding carboxylic acids is 1. The number of anilines is 1. The van der Waals surface area contributed by atoms with Crippen LogP contribution in [0.2, 0.25) is 0 Å². The number of hydrogen-bond donors (Lipinski definition) is 2. The van der Waals surface area contributed by atoms with Gasteiger partial charge in [-0.15, -0.1) is 0 Å². The van der Waals surface area contributed by atoms with Crippen molar-refractivity contribution in [2.45, 2.75) is 26.7 Å². The molecule has 3 rings (SSSR count). The summed E-state index contributed by atoms with van der Waals surface area (Å²) in [5.74, 6) is -0.901. The zero-order valence-electron chi connectivity index (χ0n) is 13.2. The lowest BCUT2D eigenvalue weighted by molar-refractivity contribution is -0.120. The standard InChI is InChI=1S/C19H19NO3/c1-12-6-7-15(20-18(23)19(2)8-9-19)11-16(12)13-4-3-5-14(10-13)17(21)22/h3-7,10-11H,8-9H2,1-2H3,(H,20,23)(H,21,22). The molecule has 0 bridgehead atoms. The summed E-state index contributed by atoms with van der Waals surface area (Å²) in [7, 11) is 0. The minimum Gasteiger partial charge on any atom is -0.478 e. The van der Waals surface area contributed by atoms with Crippen molar-refractivity contribution in [1.82, 2.24) is 0 Å². The molecular weight excluding hydrogens is 290 g/mol. The lowest BCUT2D eigenvalue weighted by Crippen LogP contribution is -2.21. The van der Waals surface area contributed by atoms with Crippen LogP contribution in [0, 0.1) is 12.3 Å². The highest BCUT2D eigenvalue weighted by molar-refractivity contribution is 5.97. The molecule has 0 radical (unpaired) electrons. The highest BCUT2D eigenvalue weighted by Crippen LogP contribution is 2.45. The van der Waals surface area contributed by atoms with E-state index >= 15 is 0 Å². The van der Waals surface area contributed by atoms with E-state index in [0.717, 1.165) is 35.2 Å². The molecule has 2 aromatic rings. The smallest absolute Gasteiger partial charge is 0.335 e. The number of nitrogens with one attached hydrogen (secondary N) is 1.